The first-order valence-electron chi connectivity index (χ1n) is 13.4. The predicted molar refractivity (Wildman–Crippen MR) is 159 cm³/mol. The van der Waals surface area contributed by atoms with Gasteiger partial charge in [-0.15, -0.1) is 0 Å². The number of aromatic nitrogens is 1. The molecule has 3 aromatic carbocycles. The van der Waals surface area contributed by atoms with Gasteiger partial charge in [0.1, 0.15) is 24.0 Å². The minimum absolute atomic E-state index is 0. The molecule has 0 aliphatic heterocycles. The molecule has 0 fully saturated rings. The minimum Gasteiger partial charge on any atom is -1.00 e. The number of nitrogens with zero attached hydrogens (tertiary/aromatic N) is 1. The quantitative estimate of drug-likeness (QED) is 0.177. The van der Waals surface area contributed by atoms with Crippen molar-refractivity contribution in [2.24, 2.45) is 0 Å². The van der Waals surface area contributed by atoms with Crippen LogP contribution in [0.2, 0.25) is 0 Å². The summed E-state index contributed by atoms with van der Waals surface area (Å²) in [6, 6.07) is 20.1. The molecule has 1 heterocycles. The summed E-state index contributed by atoms with van der Waals surface area (Å²) in [5.74, 6) is -0.834. The van der Waals surface area contributed by atoms with E-state index in [-0.39, 0.29) is 24.9 Å². The van der Waals surface area contributed by atoms with Crippen LogP contribution in [0.5, 0.6) is 0 Å². The Balaban J connectivity index is 0.00000506. The highest BCUT2D eigenvalue weighted by atomic mass is 79.9. The van der Waals surface area contributed by atoms with Crippen LogP contribution >= 0.6 is 15.9 Å². The first kappa shape index (κ1) is 33.3. The number of aryl methyl sites for hydroxylation is 1. The lowest BCUT2D eigenvalue weighted by molar-refractivity contribution is -0.697. The summed E-state index contributed by atoms with van der Waals surface area (Å²) in [6.45, 7) is 4.15. The Hall–Kier alpha value is -4.22. The van der Waals surface area contributed by atoms with Crippen LogP contribution in [0, 0.1) is 5.82 Å². The van der Waals surface area contributed by atoms with Crippen molar-refractivity contribution in [3.8, 4) is 0 Å². The number of ether oxygens (including phenoxy) is 2. The lowest BCUT2D eigenvalue weighted by Crippen LogP contribution is -3.00. The SMILES string of the molecule is CCC[n+]1cc(Br)cc(C(=O)NCC(OC(=O)NC(C)OC(=O)Nc2cccc3ccccc23)c2ccc(F)cc2)c1.[Cl-]. The van der Waals surface area contributed by atoms with Gasteiger partial charge in [-0.05, 0) is 58.1 Å². The first-order valence-corrected chi connectivity index (χ1v) is 14.2. The number of hydrogen-bond donors (Lipinski definition) is 3. The minimum atomic E-state index is -1.05. The average molecular weight is 674 g/mol. The van der Waals surface area contributed by atoms with Crippen LogP contribution in [0.1, 0.15) is 42.3 Å². The molecular weight excluding hydrogens is 643 g/mol. The zero-order valence-electron chi connectivity index (χ0n) is 23.5. The molecule has 0 radical (unpaired) electrons. The topological polar surface area (TPSA) is 110 Å². The van der Waals surface area contributed by atoms with Gasteiger partial charge in [-0.3, -0.25) is 15.4 Å². The summed E-state index contributed by atoms with van der Waals surface area (Å²) in [5.41, 5.74) is 1.44. The second-order valence-corrected chi connectivity index (χ2v) is 10.4. The highest BCUT2D eigenvalue weighted by Crippen LogP contribution is 2.23. The van der Waals surface area contributed by atoms with E-state index in [9.17, 15) is 18.8 Å². The average Bonchev–Trinajstić information content (AvgIpc) is 2.95. The van der Waals surface area contributed by atoms with Crippen LogP contribution < -0.4 is 32.9 Å². The molecule has 0 aliphatic rings. The third-order valence-corrected chi connectivity index (χ3v) is 6.64. The number of halogens is 3. The van der Waals surface area contributed by atoms with E-state index in [0.717, 1.165) is 28.2 Å². The van der Waals surface area contributed by atoms with Gasteiger partial charge in [-0.1, -0.05) is 55.5 Å². The summed E-state index contributed by atoms with van der Waals surface area (Å²) < 4.78 is 27.1. The summed E-state index contributed by atoms with van der Waals surface area (Å²) >= 11 is 3.42. The van der Waals surface area contributed by atoms with Gasteiger partial charge in [0.05, 0.1) is 16.7 Å². The molecule has 2 atom stereocenters. The van der Waals surface area contributed by atoms with E-state index >= 15 is 0 Å². The van der Waals surface area contributed by atoms with Gasteiger partial charge < -0.3 is 27.2 Å². The van der Waals surface area contributed by atoms with Gasteiger partial charge in [-0.2, -0.15) is 0 Å². The van der Waals surface area contributed by atoms with Gasteiger partial charge >= 0.3 is 12.2 Å². The van der Waals surface area contributed by atoms with Crippen LogP contribution in [0.3, 0.4) is 0 Å². The van der Waals surface area contributed by atoms with E-state index in [1.54, 1.807) is 18.3 Å². The largest absolute Gasteiger partial charge is 1.00 e. The van der Waals surface area contributed by atoms with Crippen molar-refractivity contribution in [1.29, 1.82) is 0 Å². The Bertz CT molecular complexity index is 1570. The molecule has 0 spiro atoms. The molecule has 0 saturated carbocycles. The molecule has 0 bridgehead atoms. The smallest absolute Gasteiger partial charge is 0.413 e. The maximum atomic E-state index is 13.6. The third-order valence-electron chi connectivity index (χ3n) is 6.20. The van der Waals surface area contributed by atoms with E-state index in [1.807, 2.05) is 54.1 Å². The number of fused-ring (bicyclic) bond motifs is 1. The Morgan fingerprint density at radius 3 is 2.42 bits per heavy atom. The van der Waals surface area contributed by atoms with E-state index in [1.165, 1.54) is 31.2 Å². The summed E-state index contributed by atoms with van der Waals surface area (Å²) in [6.07, 6.45) is 0.827. The summed E-state index contributed by atoms with van der Waals surface area (Å²) in [4.78, 5) is 38.2. The number of amides is 3. The molecule has 4 rings (SSSR count). The lowest BCUT2D eigenvalue weighted by Gasteiger charge is -2.21. The fourth-order valence-electron chi connectivity index (χ4n) is 4.29. The number of carbonyl (C=O) groups is 3. The normalized spacial score (nSPS) is 11.9. The zero-order chi connectivity index (χ0) is 30.1. The van der Waals surface area contributed by atoms with Crippen molar-refractivity contribution in [3.05, 3.63) is 107 Å². The molecule has 0 saturated heterocycles. The van der Waals surface area contributed by atoms with E-state index in [0.29, 0.717) is 16.8 Å². The number of rotatable bonds is 10. The highest BCUT2D eigenvalue weighted by molar-refractivity contribution is 9.10. The number of alkyl carbamates (subject to hydrolysis) is 1. The maximum absolute atomic E-state index is 13.6. The molecule has 43 heavy (non-hydrogen) atoms. The Kier molecular flexibility index (Phi) is 12.3. The van der Waals surface area contributed by atoms with Crippen molar-refractivity contribution in [3.63, 3.8) is 0 Å². The third kappa shape index (κ3) is 9.65. The fraction of sp³-hybridized carbons (Fsp3) is 0.226. The van der Waals surface area contributed by atoms with Crippen LogP contribution in [-0.4, -0.2) is 30.9 Å². The van der Waals surface area contributed by atoms with Crippen LogP contribution in [-0.2, 0) is 16.0 Å². The highest BCUT2D eigenvalue weighted by Gasteiger charge is 2.22. The molecule has 226 valence electrons. The van der Waals surface area contributed by atoms with E-state index < -0.39 is 30.3 Å². The first-order chi connectivity index (χ1) is 20.2. The van der Waals surface area contributed by atoms with E-state index in [4.69, 9.17) is 9.47 Å². The standard InChI is InChI=1S/C31H30BrFN4O5.ClH/c1-3-15-37-18-23(16-24(32)19-37)29(38)34-17-28(22-11-13-25(33)14-12-22)42-30(39)35-20(2)41-31(40)36-27-10-6-8-21-7-4-5-9-26(21)27;/h4-14,16,18-20,28H,3,15,17H2,1-2H3,(H2-,34,35,36,38,39,40);1H. The van der Waals surface area contributed by atoms with E-state index in [2.05, 4.69) is 31.9 Å². The second-order valence-electron chi connectivity index (χ2n) is 9.48. The van der Waals surface area contributed by atoms with Crippen molar-refractivity contribution >= 4 is 50.5 Å². The van der Waals surface area contributed by atoms with Gasteiger partial charge in [0.15, 0.2) is 18.6 Å². The van der Waals surface area contributed by atoms with Gasteiger partial charge in [0.2, 0.25) is 0 Å². The molecule has 9 nitrogen and oxygen atoms in total. The second kappa shape index (κ2) is 15.9. The van der Waals surface area contributed by atoms with Gasteiger partial charge in [-0.25, -0.2) is 18.5 Å². The molecule has 12 heteroatoms. The number of hydrogen-bond acceptors (Lipinski definition) is 5. The monoisotopic (exact) mass is 672 g/mol. The Labute approximate surface area is 263 Å². The molecule has 3 N–H and O–H groups in total. The lowest BCUT2D eigenvalue weighted by atomic mass is 10.1. The number of pyridine rings is 1. The van der Waals surface area contributed by atoms with Crippen LogP contribution in [0.25, 0.3) is 10.8 Å². The molecule has 0 aliphatic carbocycles. The van der Waals surface area contributed by atoms with Crippen molar-refractivity contribution in [1.82, 2.24) is 10.6 Å². The number of carbonyl (C=O) groups excluding carboxylic acids is 3. The van der Waals surface area contributed by atoms with Crippen molar-refractivity contribution in [2.75, 3.05) is 11.9 Å². The van der Waals surface area contributed by atoms with Crippen LogP contribution in [0.15, 0.2) is 89.7 Å². The summed E-state index contributed by atoms with van der Waals surface area (Å²) in [5, 5.41) is 9.70. The van der Waals surface area contributed by atoms with Crippen molar-refractivity contribution < 1.29 is 45.2 Å². The fourth-order valence-corrected chi connectivity index (χ4v) is 4.80. The molecule has 2 unspecified atom stereocenters. The van der Waals surface area contributed by atoms with Crippen molar-refractivity contribution in [2.45, 2.75) is 39.1 Å². The molecule has 1 aromatic heterocycles. The number of benzene rings is 3. The zero-order valence-corrected chi connectivity index (χ0v) is 25.8. The van der Waals surface area contributed by atoms with Gasteiger partial charge in [0.25, 0.3) is 5.91 Å². The Morgan fingerprint density at radius 1 is 0.953 bits per heavy atom. The molecular formula is C31H31BrClFN4O5. The molecule has 4 aromatic rings. The van der Waals surface area contributed by atoms with Gasteiger partial charge in [0, 0.05) is 11.8 Å². The Morgan fingerprint density at radius 2 is 1.67 bits per heavy atom. The molecule has 3 amide bonds. The number of nitrogens with one attached hydrogen (secondary N) is 3. The van der Waals surface area contributed by atoms with Crippen LogP contribution in [0.4, 0.5) is 19.7 Å². The number of anilines is 1. The predicted octanol–water partition coefficient (Wildman–Crippen LogP) is 3.23. The maximum Gasteiger partial charge on any atom is 0.413 e. The summed E-state index contributed by atoms with van der Waals surface area (Å²) in [7, 11) is 0.